The molecule has 0 saturated heterocycles. The zero-order valence-corrected chi connectivity index (χ0v) is 9.82. The number of benzene rings is 1. The lowest BCUT2D eigenvalue weighted by atomic mass is 10.1. The van der Waals surface area contributed by atoms with Crippen LogP contribution in [0.5, 0.6) is 5.75 Å². The largest absolute Gasteiger partial charge is 0.492 e. The highest BCUT2D eigenvalue weighted by atomic mass is 16.5. The van der Waals surface area contributed by atoms with Gasteiger partial charge < -0.3 is 9.72 Å². The molecular weight excluding hydrogens is 214 g/mol. The first-order valence-corrected chi connectivity index (χ1v) is 6.08. The van der Waals surface area contributed by atoms with E-state index in [4.69, 9.17) is 4.74 Å². The fourth-order valence-corrected chi connectivity index (χ4v) is 2.15. The molecule has 0 radical (unpaired) electrons. The van der Waals surface area contributed by atoms with Crippen LogP contribution < -0.4 is 10.2 Å². The summed E-state index contributed by atoms with van der Waals surface area (Å²) in [5.41, 5.74) is 1.97. The van der Waals surface area contributed by atoms with Crippen molar-refractivity contribution in [2.75, 3.05) is 6.61 Å². The SMILES string of the molecule is CCOc1cccc2c(=O)cc(C3CC3)[nH]c12. The van der Waals surface area contributed by atoms with Crippen molar-refractivity contribution in [3.05, 3.63) is 40.2 Å². The van der Waals surface area contributed by atoms with Crippen LogP contribution in [-0.4, -0.2) is 11.6 Å². The minimum atomic E-state index is 0.0854. The molecule has 0 aliphatic heterocycles. The minimum Gasteiger partial charge on any atom is -0.492 e. The van der Waals surface area contributed by atoms with Gasteiger partial charge in [0, 0.05) is 17.1 Å². The number of pyridine rings is 1. The van der Waals surface area contributed by atoms with Crippen LogP contribution in [0.2, 0.25) is 0 Å². The Hall–Kier alpha value is -1.77. The lowest BCUT2D eigenvalue weighted by Crippen LogP contribution is -2.06. The first kappa shape index (κ1) is 10.4. The third-order valence-electron chi connectivity index (χ3n) is 3.16. The molecule has 17 heavy (non-hydrogen) atoms. The number of rotatable bonds is 3. The summed E-state index contributed by atoms with van der Waals surface area (Å²) in [7, 11) is 0. The summed E-state index contributed by atoms with van der Waals surface area (Å²) in [6.07, 6.45) is 2.36. The summed E-state index contributed by atoms with van der Waals surface area (Å²) in [6, 6.07) is 7.33. The van der Waals surface area contributed by atoms with E-state index < -0.39 is 0 Å². The summed E-state index contributed by atoms with van der Waals surface area (Å²) in [6.45, 7) is 2.55. The summed E-state index contributed by atoms with van der Waals surface area (Å²) in [5, 5.41) is 0.709. The van der Waals surface area contributed by atoms with Crippen LogP contribution >= 0.6 is 0 Å². The van der Waals surface area contributed by atoms with Crippen LogP contribution in [0.1, 0.15) is 31.4 Å². The highest BCUT2D eigenvalue weighted by Crippen LogP contribution is 2.39. The van der Waals surface area contributed by atoms with Crippen LogP contribution in [0.25, 0.3) is 10.9 Å². The van der Waals surface area contributed by atoms with Crippen LogP contribution in [-0.2, 0) is 0 Å². The van der Waals surface area contributed by atoms with E-state index >= 15 is 0 Å². The van der Waals surface area contributed by atoms with Gasteiger partial charge in [-0.2, -0.15) is 0 Å². The Labute approximate surface area is 99.4 Å². The number of ether oxygens (including phenoxy) is 1. The lowest BCUT2D eigenvalue weighted by Gasteiger charge is -2.08. The number of hydrogen-bond acceptors (Lipinski definition) is 2. The lowest BCUT2D eigenvalue weighted by molar-refractivity contribution is 0.343. The predicted molar refractivity (Wildman–Crippen MR) is 67.7 cm³/mol. The van der Waals surface area contributed by atoms with Crippen LogP contribution in [0.15, 0.2) is 29.1 Å². The number of para-hydroxylation sites is 1. The highest BCUT2D eigenvalue weighted by Gasteiger charge is 2.25. The number of aromatic amines is 1. The molecule has 0 spiro atoms. The molecule has 88 valence electrons. The second-order valence-electron chi connectivity index (χ2n) is 4.47. The van der Waals surface area contributed by atoms with Gasteiger partial charge in [-0.15, -0.1) is 0 Å². The zero-order valence-electron chi connectivity index (χ0n) is 9.82. The van der Waals surface area contributed by atoms with E-state index in [2.05, 4.69) is 4.98 Å². The first-order valence-electron chi connectivity index (χ1n) is 6.08. The fourth-order valence-electron chi connectivity index (χ4n) is 2.15. The Bertz CT molecular complexity index is 611. The van der Waals surface area contributed by atoms with E-state index in [1.54, 1.807) is 6.07 Å². The van der Waals surface area contributed by atoms with Crippen molar-refractivity contribution in [3.8, 4) is 5.75 Å². The first-order chi connectivity index (χ1) is 8.29. The standard InChI is InChI=1S/C14H15NO2/c1-2-17-13-5-3-4-10-12(16)8-11(9-6-7-9)15-14(10)13/h3-5,8-9H,2,6-7H2,1H3,(H,15,16). The maximum absolute atomic E-state index is 12.0. The number of nitrogens with one attached hydrogen (secondary N) is 1. The number of H-pyrrole nitrogens is 1. The molecule has 3 rings (SSSR count). The molecule has 1 saturated carbocycles. The molecule has 1 N–H and O–H groups in total. The molecule has 3 nitrogen and oxygen atoms in total. The van der Waals surface area contributed by atoms with E-state index in [1.807, 2.05) is 25.1 Å². The quantitative estimate of drug-likeness (QED) is 0.879. The number of fused-ring (bicyclic) bond motifs is 1. The summed E-state index contributed by atoms with van der Waals surface area (Å²) >= 11 is 0. The normalized spacial score (nSPS) is 15.1. The van der Waals surface area contributed by atoms with Crippen LogP contribution in [0.3, 0.4) is 0 Å². The molecule has 1 heterocycles. The summed E-state index contributed by atoms with van der Waals surface area (Å²) in [5.74, 6) is 1.31. The van der Waals surface area contributed by atoms with Crippen molar-refractivity contribution in [1.82, 2.24) is 4.98 Å². The van der Waals surface area contributed by atoms with E-state index in [0.717, 1.165) is 17.0 Å². The maximum atomic E-state index is 12.0. The molecule has 0 unspecified atom stereocenters. The molecular formula is C14H15NO2. The summed E-state index contributed by atoms with van der Waals surface area (Å²) in [4.78, 5) is 15.4. The van der Waals surface area contributed by atoms with E-state index in [-0.39, 0.29) is 5.43 Å². The van der Waals surface area contributed by atoms with Gasteiger partial charge in [0.25, 0.3) is 0 Å². The van der Waals surface area contributed by atoms with Crippen molar-refractivity contribution in [2.24, 2.45) is 0 Å². The molecule has 1 aromatic heterocycles. The smallest absolute Gasteiger partial charge is 0.189 e. The van der Waals surface area contributed by atoms with Gasteiger partial charge in [0.15, 0.2) is 5.43 Å². The molecule has 0 bridgehead atoms. The maximum Gasteiger partial charge on any atom is 0.189 e. The van der Waals surface area contributed by atoms with E-state index in [1.165, 1.54) is 12.8 Å². The Morgan fingerprint density at radius 2 is 2.24 bits per heavy atom. The van der Waals surface area contributed by atoms with Gasteiger partial charge in [-0.25, -0.2) is 0 Å². The van der Waals surface area contributed by atoms with Gasteiger partial charge in [0.1, 0.15) is 5.75 Å². The Kier molecular flexibility index (Phi) is 2.39. The van der Waals surface area contributed by atoms with Crippen molar-refractivity contribution < 1.29 is 4.74 Å². The average molecular weight is 229 g/mol. The van der Waals surface area contributed by atoms with Gasteiger partial charge in [-0.1, -0.05) is 6.07 Å². The van der Waals surface area contributed by atoms with Gasteiger partial charge in [-0.05, 0) is 37.8 Å². The van der Waals surface area contributed by atoms with Crippen LogP contribution in [0, 0.1) is 0 Å². The van der Waals surface area contributed by atoms with Gasteiger partial charge >= 0.3 is 0 Å². The summed E-state index contributed by atoms with van der Waals surface area (Å²) < 4.78 is 5.56. The van der Waals surface area contributed by atoms with Crippen molar-refractivity contribution in [1.29, 1.82) is 0 Å². The highest BCUT2D eigenvalue weighted by molar-refractivity contribution is 5.84. The fraction of sp³-hybridized carbons (Fsp3) is 0.357. The van der Waals surface area contributed by atoms with Gasteiger partial charge in [-0.3, -0.25) is 4.79 Å². The Morgan fingerprint density at radius 3 is 2.94 bits per heavy atom. The molecule has 0 amide bonds. The molecule has 0 atom stereocenters. The molecule has 3 heteroatoms. The Balaban J connectivity index is 2.25. The third-order valence-corrected chi connectivity index (χ3v) is 3.16. The second-order valence-corrected chi connectivity index (χ2v) is 4.47. The number of aromatic nitrogens is 1. The van der Waals surface area contributed by atoms with Crippen molar-refractivity contribution in [2.45, 2.75) is 25.7 Å². The Morgan fingerprint density at radius 1 is 1.41 bits per heavy atom. The average Bonchev–Trinajstić information content (AvgIpc) is 3.14. The van der Waals surface area contributed by atoms with Gasteiger partial charge in [0.05, 0.1) is 12.1 Å². The number of hydrogen-bond donors (Lipinski definition) is 1. The predicted octanol–water partition coefficient (Wildman–Crippen LogP) is 2.80. The van der Waals surface area contributed by atoms with Gasteiger partial charge in [0.2, 0.25) is 0 Å². The molecule has 1 aliphatic rings. The molecule has 1 aromatic carbocycles. The van der Waals surface area contributed by atoms with E-state index in [0.29, 0.717) is 17.9 Å². The molecule has 1 aliphatic carbocycles. The van der Waals surface area contributed by atoms with Crippen molar-refractivity contribution >= 4 is 10.9 Å². The second kappa shape index (κ2) is 3.91. The van der Waals surface area contributed by atoms with Crippen molar-refractivity contribution in [3.63, 3.8) is 0 Å². The van der Waals surface area contributed by atoms with Crippen LogP contribution in [0.4, 0.5) is 0 Å². The third kappa shape index (κ3) is 1.82. The van der Waals surface area contributed by atoms with E-state index in [9.17, 15) is 4.79 Å². The minimum absolute atomic E-state index is 0.0854. The topological polar surface area (TPSA) is 42.1 Å². The zero-order chi connectivity index (χ0) is 11.8. The monoisotopic (exact) mass is 229 g/mol. The molecule has 2 aromatic rings. The molecule has 1 fully saturated rings.